The molecular weight excluding hydrogens is 311 g/mol. The largest absolute Gasteiger partial charge is 0.416 e. The third-order valence-corrected chi connectivity index (χ3v) is 5.64. The zero-order valence-electron chi connectivity index (χ0n) is 12.1. The van der Waals surface area contributed by atoms with Crippen molar-refractivity contribution in [1.82, 2.24) is 4.90 Å². The molecule has 6 heteroatoms. The zero-order valence-corrected chi connectivity index (χ0v) is 12.9. The fraction of sp³-hybridized carbons (Fsp3) is 0.562. The smallest absolute Gasteiger partial charge is 0.325 e. The van der Waals surface area contributed by atoms with Gasteiger partial charge in [-0.3, -0.25) is 4.79 Å². The van der Waals surface area contributed by atoms with Gasteiger partial charge in [-0.2, -0.15) is 13.2 Å². The standard InChI is InChI=1S/C16H18F3NOS/c17-16(18,19)13-7-3-6-12(10-13)15-20(8-9-22-15)14(21)11-4-1-2-5-11/h3,6-7,10-11,15H,1-2,4-5,8-9H2/t15-/m1/s1. The highest BCUT2D eigenvalue weighted by atomic mass is 32.2. The number of carbonyl (C=O) groups excluding carboxylic acids is 1. The molecule has 120 valence electrons. The molecule has 1 saturated carbocycles. The van der Waals surface area contributed by atoms with Gasteiger partial charge in [0.1, 0.15) is 5.37 Å². The number of carbonyl (C=O) groups is 1. The Bertz CT molecular complexity index is 555. The third-order valence-electron chi connectivity index (χ3n) is 4.38. The maximum atomic E-state index is 12.9. The van der Waals surface area contributed by atoms with Crippen LogP contribution in [0.4, 0.5) is 13.2 Å². The van der Waals surface area contributed by atoms with Crippen LogP contribution in [0.1, 0.15) is 42.2 Å². The monoisotopic (exact) mass is 329 g/mol. The molecule has 1 atom stereocenters. The lowest BCUT2D eigenvalue weighted by atomic mass is 10.1. The van der Waals surface area contributed by atoms with Gasteiger partial charge in [0.2, 0.25) is 5.91 Å². The average molecular weight is 329 g/mol. The second-order valence-electron chi connectivity index (χ2n) is 5.86. The molecule has 0 unspecified atom stereocenters. The lowest BCUT2D eigenvalue weighted by molar-refractivity contribution is -0.137. The van der Waals surface area contributed by atoms with Crippen molar-refractivity contribution in [3.8, 4) is 0 Å². The molecule has 2 nitrogen and oxygen atoms in total. The minimum atomic E-state index is -4.35. The van der Waals surface area contributed by atoms with Crippen LogP contribution in [0.25, 0.3) is 0 Å². The minimum Gasteiger partial charge on any atom is -0.325 e. The molecule has 3 rings (SSSR count). The molecular formula is C16H18F3NOS. The Kier molecular flexibility index (Phi) is 4.39. The number of halogens is 3. The highest BCUT2D eigenvalue weighted by Gasteiger charge is 2.37. The van der Waals surface area contributed by atoms with Gasteiger partial charge in [-0.15, -0.1) is 11.8 Å². The second kappa shape index (κ2) is 6.14. The summed E-state index contributed by atoms with van der Waals surface area (Å²) in [5.74, 6) is 0.955. The van der Waals surface area contributed by atoms with Crippen molar-refractivity contribution in [2.75, 3.05) is 12.3 Å². The molecule has 1 aromatic rings. The van der Waals surface area contributed by atoms with Gasteiger partial charge in [0, 0.05) is 18.2 Å². The Balaban J connectivity index is 1.82. The number of thioether (sulfide) groups is 1. The molecule has 0 spiro atoms. The predicted molar refractivity (Wildman–Crippen MR) is 80.3 cm³/mol. The molecule has 2 aliphatic rings. The topological polar surface area (TPSA) is 20.3 Å². The Morgan fingerprint density at radius 1 is 1.23 bits per heavy atom. The van der Waals surface area contributed by atoms with Crippen LogP contribution in [-0.2, 0) is 11.0 Å². The van der Waals surface area contributed by atoms with Crippen molar-refractivity contribution in [2.24, 2.45) is 5.92 Å². The van der Waals surface area contributed by atoms with Crippen LogP contribution in [-0.4, -0.2) is 23.1 Å². The van der Waals surface area contributed by atoms with Gasteiger partial charge in [-0.25, -0.2) is 0 Å². The lowest BCUT2D eigenvalue weighted by Crippen LogP contribution is -2.34. The predicted octanol–water partition coefficient (Wildman–Crippen LogP) is 4.47. The average Bonchev–Trinajstić information content (AvgIpc) is 3.17. The molecule has 1 heterocycles. The number of nitrogens with zero attached hydrogens (tertiary/aromatic N) is 1. The van der Waals surface area contributed by atoms with Crippen LogP contribution >= 0.6 is 11.8 Å². The normalized spacial score (nSPS) is 23.2. The van der Waals surface area contributed by atoms with E-state index in [1.54, 1.807) is 22.7 Å². The molecule has 1 aliphatic carbocycles. The second-order valence-corrected chi connectivity index (χ2v) is 7.05. The molecule has 1 saturated heterocycles. The summed E-state index contributed by atoms with van der Waals surface area (Å²) in [5.41, 5.74) is -0.0746. The first-order chi connectivity index (χ1) is 10.5. The van der Waals surface area contributed by atoms with Gasteiger partial charge in [0.15, 0.2) is 0 Å². The number of hydrogen-bond donors (Lipinski definition) is 0. The molecule has 2 fully saturated rings. The van der Waals surface area contributed by atoms with Gasteiger partial charge in [0.05, 0.1) is 5.56 Å². The summed E-state index contributed by atoms with van der Waals surface area (Å²) in [6.07, 6.45) is -0.374. The minimum absolute atomic E-state index is 0.0620. The Morgan fingerprint density at radius 2 is 1.95 bits per heavy atom. The summed E-state index contributed by atoms with van der Waals surface area (Å²) in [6, 6.07) is 5.37. The zero-order chi connectivity index (χ0) is 15.7. The summed E-state index contributed by atoms with van der Waals surface area (Å²) in [6.45, 7) is 0.626. The van der Waals surface area contributed by atoms with E-state index in [0.29, 0.717) is 12.1 Å². The van der Waals surface area contributed by atoms with Crippen LogP contribution in [0.2, 0.25) is 0 Å². The first-order valence-corrected chi connectivity index (χ1v) is 8.61. The molecule has 1 aromatic carbocycles. The summed E-state index contributed by atoms with van der Waals surface area (Å²) < 4.78 is 38.6. The first-order valence-electron chi connectivity index (χ1n) is 7.56. The Hall–Kier alpha value is -1.17. The maximum absolute atomic E-state index is 12.9. The van der Waals surface area contributed by atoms with Crippen molar-refractivity contribution >= 4 is 17.7 Å². The third kappa shape index (κ3) is 3.12. The van der Waals surface area contributed by atoms with E-state index in [4.69, 9.17) is 0 Å². The number of amides is 1. The lowest BCUT2D eigenvalue weighted by Gasteiger charge is -2.27. The van der Waals surface area contributed by atoms with Gasteiger partial charge >= 0.3 is 6.18 Å². The highest BCUT2D eigenvalue weighted by molar-refractivity contribution is 7.99. The van der Waals surface area contributed by atoms with Crippen LogP contribution in [0, 0.1) is 5.92 Å². The summed E-state index contributed by atoms with van der Waals surface area (Å²) in [7, 11) is 0. The van der Waals surface area contributed by atoms with Crippen LogP contribution in [0.15, 0.2) is 24.3 Å². The van der Waals surface area contributed by atoms with Gasteiger partial charge < -0.3 is 4.90 Å². The van der Waals surface area contributed by atoms with E-state index in [1.165, 1.54) is 12.1 Å². The summed E-state index contributed by atoms with van der Waals surface area (Å²) >= 11 is 1.55. The molecule has 1 aliphatic heterocycles. The summed E-state index contributed by atoms with van der Waals surface area (Å²) in [5, 5.41) is -0.282. The molecule has 0 bridgehead atoms. The van der Waals surface area contributed by atoms with Gasteiger partial charge in [-0.1, -0.05) is 25.0 Å². The fourth-order valence-electron chi connectivity index (χ4n) is 3.25. The maximum Gasteiger partial charge on any atom is 0.416 e. The van der Waals surface area contributed by atoms with Gasteiger partial charge in [-0.05, 0) is 30.5 Å². The quantitative estimate of drug-likeness (QED) is 0.798. The van der Waals surface area contributed by atoms with Crippen molar-refractivity contribution in [3.05, 3.63) is 35.4 Å². The molecule has 22 heavy (non-hydrogen) atoms. The number of benzene rings is 1. The van der Waals surface area contributed by atoms with E-state index in [-0.39, 0.29) is 17.2 Å². The van der Waals surface area contributed by atoms with Crippen LogP contribution in [0.3, 0.4) is 0 Å². The van der Waals surface area contributed by atoms with Crippen molar-refractivity contribution in [3.63, 3.8) is 0 Å². The number of alkyl halides is 3. The van der Waals surface area contributed by atoms with E-state index in [0.717, 1.165) is 37.5 Å². The van der Waals surface area contributed by atoms with Crippen molar-refractivity contribution in [1.29, 1.82) is 0 Å². The van der Waals surface area contributed by atoms with E-state index in [9.17, 15) is 18.0 Å². The van der Waals surface area contributed by atoms with E-state index >= 15 is 0 Å². The van der Waals surface area contributed by atoms with E-state index < -0.39 is 11.7 Å². The Morgan fingerprint density at radius 3 is 2.64 bits per heavy atom. The highest BCUT2D eigenvalue weighted by Crippen LogP contribution is 2.42. The van der Waals surface area contributed by atoms with Gasteiger partial charge in [0.25, 0.3) is 0 Å². The number of rotatable bonds is 2. The van der Waals surface area contributed by atoms with Crippen LogP contribution in [0.5, 0.6) is 0 Å². The van der Waals surface area contributed by atoms with E-state index in [2.05, 4.69) is 0 Å². The number of hydrogen-bond acceptors (Lipinski definition) is 2. The summed E-state index contributed by atoms with van der Waals surface area (Å²) in [4.78, 5) is 14.4. The van der Waals surface area contributed by atoms with Crippen molar-refractivity contribution < 1.29 is 18.0 Å². The molecule has 0 N–H and O–H groups in total. The molecule has 0 aromatic heterocycles. The van der Waals surface area contributed by atoms with Crippen molar-refractivity contribution in [2.45, 2.75) is 37.2 Å². The first kappa shape index (κ1) is 15.7. The fourth-order valence-corrected chi connectivity index (χ4v) is 4.50. The SMILES string of the molecule is O=C(C1CCCC1)N1CCS[C@@H]1c1cccc(C(F)(F)F)c1. The van der Waals surface area contributed by atoms with Crippen LogP contribution < -0.4 is 0 Å². The molecule has 0 radical (unpaired) electrons. The Labute approximate surface area is 132 Å². The van der Waals surface area contributed by atoms with E-state index in [1.807, 2.05) is 0 Å². The molecule has 1 amide bonds.